The van der Waals surface area contributed by atoms with Crippen LogP contribution < -0.4 is 0 Å². The zero-order valence-corrected chi connectivity index (χ0v) is 18.0. The van der Waals surface area contributed by atoms with Gasteiger partial charge in [-0.15, -0.1) is 0 Å². The minimum atomic E-state index is -3.83. The first-order valence-corrected chi connectivity index (χ1v) is 11.8. The predicted octanol–water partition coefficient (Wildman–Crippen LogP) is 3.29. The molecule has 1 aromatic heterocycles. The lowest BCUT2D eigenvalue weighted by Crippen LogP contribution is -2.37. The van der Waals surface area contributed by atoms with E-state index in [0.717, 1.165) is 24.0 Å². The summed E-state index contributed by atoms with van der Waals surface area (Å²) in [5.74, 6) is 0.00951. The first-order chi connectivity index (χ1) is 14.3. The molecule has 1 saturated carbocycles. The Bertz CT molecular complexity index is 1050. The molecule has 8 heteroatoms. The van der Waals surface area contributed by atoms with Crippen LogP contribution in [-0.4, -0.2) is 41.6 Å². The van der Waals surface area contributed by atoms with Crippen LogP contribution in [0.3, 0.4) is 0 Å². The van der Waals surface area contributed by atoms with Crippen LogP contribution in [0.2, 0.25) is 0 Å². The summed E-state index contributed by atoms with van der Waals surface area (Å²) in [5.41, 5.74) is 2.55. The van der Waals surface area contributed by atoms with E-state index in [2.05, 4.69) is 4.98 Å². The Morgan fingerprint density at radius 2 is 1.97 bits per heavy atom. The number of benzene rings is 1. The van der Waals surface area contributed by atoms with Gasteiger partial charge in [0.1, 0.15) is 5.82 Å². The summed E-state index contributed by atoms with van der Waals surface area (Å²) in [4.78, 5) is 18.4. The lowest BCUT2D eigenvalue weighted by Gasteiger charge is -2.30. The van der Waals surface area contributed by atoms with Gasteiger partial charge in [0.05, 0.1) is 0 Å². The minimum absolute atomic E-state index is 0.0130. The second-order valence-corrected chi connectivity index (χ2v) is 9.85. The number of pyridine rings is 1. The highest BCUT2D eigenvalue weighted by Gasteiger charge is 2.35. The highest BCUT2D eigenvalue weighted by Crippen LogP contribution is 2.33. The lowest BCUT2D eigenvalue weighted by atomic mass is 10.0. The van der Waals surface area contributed by atoms with Gasteiger partial charge in [-0.2, -0.15) is 4.31 Å². The molecule has 0 saturated heterocycles. The number of halogens is 1. The Hall–Kier alpha value is -2.32. The Labute approximate surface area is 176 Å². The number of carbonyl (C=O) groups excluding carboxylic acids is 1. The van der Waals surface area contributed by atoms with Crippen LogP contribution in [0.15, 0.2) is 41.6 Å². The molecule has 30 heavy (non-hydrogen) atoms. The maximum atomic E-state index is 13.3. The first kappa shape index (κ1) is 20.9. The molecule has 160 valence electrons. The van der Waals surface area contributed by atoms with Crippen molar-refractivity contribution in [2.75, 3.05) is 13.1 Å². The molecule has 1 fully saturated rings. The van der Waals surface area contributed by atoms with E-state index >= 15 is 0 Å². The topological polar surface area (TPSA) is 70.6 Å². The molecule has 4 rings (SSSR count). The van der Waals surface area contributed by atoms with Crippen LogP contribution >= 0.6 is 0 Å². The van der Waals surface area contributed by atoms with Crippen molar-refractivity contribution in [1.82, 2.24) is 14.2 Å². The van der Waals surface area contributed by atoms with Gasteiger partial charge in [0, 0.05) is 37.8 Å². The number of carbonyl (C=O) groups is 1. The van der Waals surface area contributed by atoms with E-state index in [9.17, 15) is 17.6 Å². The Morgan fingerprint density at radius 1 is 1.27 bits per heavy atom. The van der Waals surface area contributed by atoms with E-state index in [1.807, 2.05) is 4.90 Å². The summed E-state index contributed by atoms with van der Waals surface area (Å²) in [6, 6.07) is 7.05. The molecule has 1 atom stereocenters. The first-order valence-electron chi connectivity index (χ1n) is 10.3. The quantitative estimate of drug-likeness (QED) is 0.704. The Morgan fingerprint density at radius 3 is 2.60 bits per heavy atom. The van der Waals surface area contributed by atoms with Gasteiger partial charge >= 0.3 is 0 Å². The lowest BCUT2D eigenvalue weighted by molar-refractivity contribution is -0.133. The van der Waals surface area contributed by atoms with Crippen molar-refractivity contribution in [2.45, 2.75) is 50.7 Å². The normalized spacial score (nSPS) is 17.7. The molecule has 0 spiro atoms. The van der Waals surface area contributed by atoms with Gasteiger partial charge in [0.15, 0.2) is 5.03 Å². The van der Waals surface area contributed by atoms with Crippen LogP contribution in [0.5, 0.6) is 0 Å². The highest BCUT2D eigenvalue weighted by molar-refractivity contribution is 7.89. The number of hydrogen-bond acceptors (Lipinski definition) is 4. The van der Waals surface area contributed by atoms with Crippen molar-refractivity contribution in [3.63, 3.8) is 0 Å². The van der Waals surface area contributed by atoms with Crippen LogP contribution in [0.4, 0.5) is 4.39 Å². The summed E-state index contributed by atoms with van der Waals surface area (Å²) in [5, 5.41) is 0.0130. The molecule has 1 amide bonds. The van der Waals surface area contributed by atoms with Crippen molar-refractivity contribution >= 4 is 15.9 Å². The number of sulfonamides is 1. The average molecular weight is 432 g/mol. The molecular weight excluding hydrogens is 405 g/mol. The van der Waals surface area contributed by atoms with E-state index in [-0.39, 0.29) is 29.2 Å². The van der Waals surface area contributed by atoms with Gasteiger partial charge < -0.3 is 4.90 Å². The second kappa shape index (κ2) is 8.07. The highest BCUT2D eigenvalue weighted by atomic mass is 32.2. The molecule has 0 bridgehead atoms. The van der Waals surface area contributed by atoms with Crippen LogP contribution in [0.1, 0.15) is 49.4 Å². The van der Waals surface area contributed by atoms with E-state index in [1.54, 1.807) is 38.2 Å². The number of amides is 1. The molecule has 2 aromatic rings. The molecule has 2 aliphatic rings. The number of nitrogens with zero attached hydrogens (tertiary/aromatic N) is 3. The van der Waals surface area contributed by atoms with Crippen molar-refractivity contribution in [3.8, 4) is 0 Å². The number of rotatable bonds is 6. The third-order valence-corrected chi connectivity index (χ3v) is 7.92. The third-order valence-electron chi connectivity index (χ3n) is 5.98. The Balaban J connectivity index is 1.57. The molecule has 1 aliphatic carbocycles. The summed E-state index contributed by atoms with van der Waals surface area (Å²) in [6.45, 7) is 4.92. The molecule has 1 unspecified atom stereocenters. The summed E-state index contributed by atoms with van der Waals surface area (Å²) in [6.07, 6.45) is 4.15. The average Bonchev–Trinajstić information content (AvgIpc) is 3.58. The zero-order chi connectivity index (χ0) is 21.5. The van der Waals surface area contributed by atoms with Gasteiger partial charge in [-0.25, -0.2) is 17.8 Å². The second-order valence-electron chi connectivity index (χ2n) is 8.01. The van der Waals surface area contributed by atoms with Crippen molar-refractivity contribution in [3.05, 3.63) is 59.0 Å². The van der Waals surface area contributed by atoms with Crippen LogP contribution in [0.25, 0.3) is 0 Å². The fourth-order valence-corrected chi connectivity index (χ4v) is 5.61. The molecule has 0 N–H and O–H groups in total. The zero-order valence-electron chi connectivity index (χ0n) is 17.2. The molecule has 2 heterocycles. The fraction of sp³-hybridized carbons (Fsp3) is 0.455. The maximum Gasteiger partial charge on any atom is 0.261 e. The van der Waals surface area contributed by atoms with Crippen LogP contribution in [-0.2, 0) is 27.8 Å². The SMILES string of the molecule is CCN(C(C)c1ccc(F)cc1)S(=O)(=O)c1cc2c(cn1)CN(C(=O)C1CC1)CC2. The Kier molecular flexibility index (Phi) is 5.63. The summed E-state index contributed by atoms with van der Waals surface area (Å²) < 4.78 is 41.3. The monoisotopic (exact) mass is 431 g/mol. The molecule has 1 aliphatic heterocycles. The number of hydrogen-bond donors (Lipinski definition) is 0. The standard InChI is InChI=1S/C22H26FN3O3S/c1-3-26(15(2)16-6-8-20(23)9-7-16)30(28,29)21-12-18-10-11-25(14-19(18)13-24-21)22(27)17-4-5-17/h6-9,12-13,15,17H,3-5,10-11,14H2,1-2H3. The van der Waals surface area contributed by atoms with E-state index < -0.39 is 16.1 Å². The van der Waals surface area contributed by atoms with E-state index in [1.165, 1.54) is 16.4 Å². The third kappa shape index (κ3) is 3.98. The van der Waals surface area contributed by atoms with Gasteiger partial charge in [-0.1, -0.05) is 19.1 Å². The molecular formula is C22H26FN3O3S. The summed E-state index contributed by atoms with van der Waals surface area (Å²) in [7, 11) is -3.83. The maximum absolute atomic E-state index is 13.3. The predicted molar refractivity (Wildman–Crippen MR) is 110 cm³/mol. The summed E-state index contributed by atoms with van der Waals surface area (Å²) >= 11 is 0. The van der Waals surface area contributed by atoms with Crippen molar-refractivity contribution < 1.29 is 17.6 Å². The largest absolute Gasteiger partial charge is 0.338 e. The van der Waals surface area contributed by atoms with Crippen LogP contribution in [0, 0.1) is 11.7 Å². The molecule has 0 radical (unpaired) electrons. The van der Waals surface area contributed by atoms with Gasteiger partial charge in [0.25, 0.3) is 10.0 Å². The van der Waals surface area contributed by atoms with Gasteiger partial charge in [0.2, 0.25) is 5.91 Å². The number of fused-ring (bicyclic) bond motifs is 1. The van der Waals surface area contributed by atoms with E-state index in [0.29, 0.717) is 25.1 Å². The number of aromatic nitrogens is 1. The van der Waals surface area contributed by atoms with Crippen molar-refractivity contribution in [1.29, 1.82) is 0 Å². The fourth-order valence-electron chi connectivity index (χ4n) is 4.02. The molecule has 6 nitrogen and oxygen atoms in total. The van der Waals surface area contributed by atoms with Gasteiger partial charge in [-0.3, -0.25) is 4.79 Å². The van der Waals surface area contributed by atoms with E-state index in [4.69, 9.17) is 0 Å². The van der Waals surface area contributed by atoms with Gasteiger partial charge in [-0.05, 0) is 61.1 Å². The van der Waals surface area contributed by atoms with Crippen molar-refractivity contribution in [2.24, 2.45) is 5.92 Å². The minimum Gasteiger partial charge on any atom is -0.338 e. The smallest absolute Gasteiger partial charge is 0.261 e. The molecule has 1 aromatic carbocycles.